The highest BCUT2D eigenvalue weighted by Gasteiger charge is 2.17. The molecule has 0 radical (unpaired) electrons. The van der Waals surface area contributed by atoms with Gasteiger partial charge in [-0.1, -0.05) is 0 Å². The number of hydrogen-bond acceptors (Lipinski definition) is 3. The first-order valence-electron chi connectivity index (χ1n) is 5.44. The molecule has 0 saturated carbocycles. The van der Waals surface area contributed by atoms with Gasteiger partial charge in [-0.3, -0.25) is 4.79 Å². The molecule has 0 aliphatic heterocycles. The van der Waals surface area contributed by atoms with E-state index in [1.807, 2.05) is 11.4 Å². The van der Waals surface area contributed by atoms with Gasteiger partial charge in [0.05, 0.1) is 12.1 Å². The summed E-state index contributed by atoms with van der Waals surface area (Å²) in [4.78, 5) is 14.5. The smallest absolute Gasteiger partial charge is 0.256 e. The molecule has 2 aromatic rings. The zero-order valence-corrected chi connectivity index (χ0v) is 12.5. The molecular formula is C13H11BrFNO2S. The van der Waals surface area contributed by atoms with Crippen LogP contribution in [0.5, 0.6) is 5.75 Å². The maximum Gasteiger partial charge on any atom is 0.256 e. The van der Waals surface area contributed by atoms with Crippen LogP contribution in [0.15, 0.2) is 34.1 Å². The Kier molecular flexibility index (Phi) is 4.21. The van der Waals surface area contributed by atoms with Crippen molar-refractivity contribution < 1.29 is 14.3 Å². The van der Waals surface area contributed by atoms with Gasteiger partial charge in [-0.05, 0) is 34.1 Å². The molecule has 100 valence electrons. The minimum atomic E-state index is -0.718. The molecule has 1 heterocycles. The third kappa shape index (κ3) is 3.33. The fourth-order valence-electron chi connectivity index (χ4n) is 1.63. The van der Waals surface area contributed by atoms with E-state index in [9.17, 15) is 9.18 Å². The van der Waals surface area contributed by atoms with Gasteiger partial charge in [0.15, 0.2) is 0 Å². The molecule has 0 aliphatic carbocycles. The predicted octanol–water partition coefficient (Wildman–Crippen LogP) is 3.63. The van der Waals surface area contributed by atoms with Crippen LogP contribution in [-0.4, -0.2) is 23.0 Å². The monoisotopic (exact) mass is 343 g/mol. The average molecular weight is 344 g/mol. The first kappa shape index (κ1) is 14.0. The first-order valence-corrected chi connectivity index (χ1v) is 7.11. The zero-order chi connectivity index (χ0) is 14.0. The number of halogens is 2. The number of carbonyl (C=O) groups excluding carboxylic acids is 1. The summed E-state index contributed by atoms with van der Waals surface area (Å²) in [5, 5.41) is 11.1. The van der Waals surface area contributed by atoms with Gasteiger partial charge in [0.2, 0.25) is 0 Å². The van der Waals surface area contributed by atoms with Crippen molar-refractivity contribution in [3.8, 4) is 5.75 Å². The molecular weight excluding hydrogens is 333 g/mol. The Morgan fingerprint density at radius 2 is 2.21 bits per heavy atom. The number of aromatic hydroxyl groups is 1. The lowest BCUT2D eigenvalue weighted by Gasteiger charge is -2.16. The van der Waals surface area contributed by atoms with E-state index in [1.165, 1.54) is 28.4 Å². The second kappa shape index (κ2) is 5.71. The van der Waals surface area contributed by atoms with Crippen molar-refractivity contribution in [2.45, 2.75) is 6.54 Å². The lowest BCUT2D eigenvalue weighted by molar-refractivity contribution is 0.0782. The summed E-state index contributed by atoms with van der Waals surface area (Å²) < 4.78 is 14.6. The molecule has 0 saturated heterocycles. The number of hydrogen-bond donors (Lipinski definition) is 1. The van der Waals surface area contributed by atoms with Gasteiger partial charge in [0.1, 0.15) is 11.6 Å². The van der Waals surface area contributed by atoms with E-state index in [2.05, 4.69) is 15.9 Å². The lowest BCUT2D eigenvalue weighted by atomic mass is 10.2. The van der Waals surface area contributed by atoms with Gasteiger partial charge in [-0.2, -0.15) is 0 Å². The van der Waals surface area contributed by atoms with Crippen LogP contribution < -0.4 is 0 Å². The molecule has 1 N–H and O–H groups in total. The zero-order valence-electron chi connectivity index (χ0n) is 10.1. The Labute approximate surface area is 122 Å². The van der Waals surface area contributed by atoms with Crippen LogP contribution in [0.2, 0.25) is 0 Å². The van der Waals surface area contributed by atoms with Crippen LogP contribution in [0.3, 0.4) is 0 Å². The van der Waals surface area contributed by atoms with E-state index in [1.54, 1.807) is 7.05 Å². The third-order valence-electron chi connectivity index (χ3n) is 2.54. The summed E-state index contributed by atoms with van der Waals surface area (Å²) >= 11 is 4.87. The summed E-state index contributed by atoms with van der Waals surface area (Å²) in [5.74, 6) is -1.33. The molecule has 0 atom stereocenters. The quantitative estimate of drug-likeness (QED) is 0.924. The second-order valence-corrected chi connectivity index (χ2v) is 5.97. The van der Waals surface area contributed by atoms with Gasteiger partial charge in [0.25, 0.3) is 5.91 Å². The summed E-state index contributed by atoms with van der Waals surface area (Å²) in [6, 6.07) is 5.43. The van der Waals surface area contributed by atoms with Crippen LogP contribution in [0, 0.1) is 5.82 Å². The van der Waals surface area contributed by atoms with E-state index in [0.29, 0.717) is 6.54 Å². The molecule has 1 aromatic carbocycles. The highest BCUT2D eigenvalue weighted by Crippen LogP contribution is 2.22. The molecule has 0 aliphatic rings. The number of amides is 1. The van der Waals surface area contributed by atoms with E-state index in [0.717, 1.165) is 15.4 Å². The number of benzene rings is 1. The Hall–Kier alpha value is -1.40. The van der Waals surface area contributed by atoms with Crippen molar-refractivity contribution in [1.29, 1.82) is 0 Å². The van der Waals surface area contributed by atoms with E-state index < -0.39 is 11.7 Å². The molecule has 3 nitrogen and oxygen atoms in total. The minimum absolute atomic E-state index is 0.0454. The number of phenols is 1. The van der Waals surface area contributed by atoms with Crippen LogP contribution in [0.25, 0.3) is 0 Å². The summed E-state index contributed by atoms with van der Waals surface area (Å²) in [6.45, 7) is 0.412. The molecule has 1 amide bonds. The third-order valence-corrected chi connectivity index (χ3v) is 4.23. The first-order chi connectivity index (χ1) is 8.97. The minimum Gasteiger partial charge on any atom is -0.508 e. The number of thiophene rings is 1. The van der Waals surface area contributed by atoms with Gasteiger partial charge in [-0.15, -0.1) is 11.3 Å². The molecule has 0 fully saturated rings. The summed E-state index contributed by atoms with van der Waals surface area (Å²) in [5.41, 5.74) is -0.0454. The van der Waals surface area contributed by atoms with Gasteiger partial charge >= 0.3 is 0 Å². The number of nitrogens with zero attached hydrogens (tertiary/aromatic N) is 1. The van der Waals surface area contributed by atoms with Crippen LogP contribution in [0.1, 0.15) is 15.2 Å². The summed E-state index contributed by atoms with van der Waals surface area (Å²) in [7, 11) is 1.61. The predicted molar refractivity (Wildman–Crippen MR) is 75.9 cm³/mol. The Balaban J connectivity index is 2.14. The average Bonchev–Trinajstić information content (AvgIpc) is 2.74. The SMILES string of the molecule is CN(Cc1cc(Br)cs1)C(=O)c1ccc(O)cc1F. The Bertz CT molecular complexity index is 614. The van der Waals surface area contributed by atoms with Gasteiger partial charge in [-0.25, -0.2) is 4.39 Å². The van der Waals surface area contributed by atoms with Crippen molar-refractivity contribution in [2.24, 2.45) is 0 Å². The normalized spacial score (nSPS) is 10.5. The molecule has 6 heteroatoms. The van der Waals surface area contributed by atoms with Crippen molar-refractivity contribution in [2.75, 3.05) is 7.05 Å². The van der Waals surface area contributed by atoms with Crippen molar-refractivity contribution in [3.05, 3.63) is 50.4 Å². The van der Waals surface area contributed by atoms with E-state index in [-0.39, 0.29) is 11.3 Å². The van der Waals surface area contributed by atoms with Crippen molar-refractivity contribution >= 4 is 33.2 Å². The fraction of sp³-hybridized carbons (Fsp3) is 0.154. The number of carbonyl (C=O) groups is 1. The maximum absolute atomic E-state index is 13.6. The highest BCUT2D eigenvalue weighted by atomic mass is 79.9. The number of rotatable bonds is 3. The largest absolute Gasteiger partial charge is 0.508 e. The van der Waals surface area contributed by atoms with Crippen LogP contribution >= 0.6 is 27.3 Å². The maximum atomic E-state index is 13.6. The Morgan fingerprint density at radius 3 is 2.79 bits per heavy atom. The van der Waals surface area contributed by atoms with Gasteiger partial charge in [0, 0.05) is 27.8 Å². The molecule has 1 aromatic heterocycles. The van der Waals surface area contributed by atoms with Crippen LogP contribution in [-0.2, 0) is 6.54 Å². The number of phenolic OH excluding ortho intramolecular Hbond substituents is 1. The van der Waals surface area contributed by atoms with E-state index in [4.69, 9.17) is 5.11 Å². The second-order valence-electron chi connectivity index (χ2n) is 4.06. The molecule has 0 bridgehead atoms. The molecule has 0 unspecified atom stereocenters. The molecule has 2 rings (SSSR count). The Morgan fingerprint density at radius 1 is 1.47 bits per heavy atom. The lowest BCUT2D eigenvalue weighted by Crippen LogP contribution is -2.26. The van der Waals surface area contributed by atoms with E-state index >= 15 is 0 Å². The highest BCUT2D eigenvalue weighted by molar-refractivity contribution is 9.10. The molecule has 0 spiro atoms. The standard InChI is InChI=1S/C13H11BrFNO2S/c1-16(6-10-4-8(14)7-19-10)13(18)11-3-2-9(17)5-12(11)15/h2-5,7,17H,6H2,1H3. The van der Waals surface area contributed by atoms with Gasteiger partial charge < -0.3 is 10.0 Å². The fourth-order valence-corrected chi connectivity index (χ4v) is 3.13. The topological polar surface area (TPSA) is 40.5 Å². The van der Waals surface area contributed by atoms with Crippen molar-refractivity contribution in [3.63, 3.8) is 0 Å². The van der Waals surface area contributed by atoms with Crippen molar-refractivity contribution in [1.82, 2.24) is 4.90 Å². The summed E-state index contributed by atoms with van der Waals surface area (Å²) in [6.07, 6.45) is 0. The molecule has 19 heavy (non-hydrogen) atoms. The van der Waals surface area contributed by atoms with Crippen LogP contribution in [0.4, 0.5) is 4.39 Å².